The summed E-state index contributed by atoms with van der Waals surface area (Å²) in [6, 6.07) is 9.66. The van der Waals surface area contributed by atoms with Gasteiger partial charge in [0.15, 0.2) is 0 Å². The molecule has 1 aromatic carbocycles. The molecule has 106 valence electrons. The summed E-state index contributed by atoms with van der Waals surface area (Å²) in [5.74, 6) is 1.20. The molecule has 1 aliphatic rings. The summed E-state index contributed by atoms with van der Waals surface area (Å²) in [7, 11) is 0. The summed E-state index contributed by atoms with van der Waals surface area (Å²) < 4.78 is 18.0. The molecule has 0 spiro atoms. The number of para-hydroxylation sites is 1. The fraction of sp³-hybridized carbons (Fsp3) is 0.571. The Morgan fingerprint density at radius 1 is 1.32 bits per heavy atom. The molecule has 2 rings (SSSR count). The maximum absolute atomic E-state index is 6.17. The molecule has 3 nitrogen and oxygen atoms in total. The molecule has 0 saturated carbocycles. The third-order valence-electron chi connectivity index (χ3n) is 3.17. The van der Waals surface area contributed by atoms with Gasteiger partial charge in [-0.15, -0.1) is 0 Å². The molecule has 0 unspecified atom stereocenters. The second-order valence-corrected chi connectivity index (χ2v) is 10.2. The molecule has 0 N–H and O–H groups in total. The van der Waals surface area contributed by atoms with Crippen molar-refractivity contribution >= 4 is 21.3 Å². The van der Waals surface area contributed by atoms with Crippen molar-refractivity contribution in [3.05, 3.63) is 30.3 Å². The Morgan fingerprint density at radius 3 is 2.53 bits per heavy atom. The van der Waals surface area contributed by atoms with Crippen molar-refractivity contribution in [3.8, 4) is 5.75 Å². The van der Waals surface area contributed by atoms with E-state index in [-0.39, 0.29) is 11.5 Å². The Morgan fingerprint density at radius 2 is 1.95 bits per heavy atom. The first-order valence-corrected chi connectivity index (χ1v) is 10.3. The topological polar surface area (TPSA) is 27.7 Å². The van der Waals surface area contributed by atoms with E-state index in [1.54, 1.807) is 0 Å². The van der Waals surface area contributed by atoms with E-state index in [0.717, 1.165) is 5.75 Å². The summed E-state index contributed by atoms with van der Waals surface area (Å²) >= 11 is 3.01. The number of rotatable bonds is 3. The summed E-state index contributed by atoms with van der Waals surface area (Å²) in [5, 5.41) is 0. The predicted octanol–water partition coefficient (Wildman–Crippen LogP) is 4.01. The van der Waals surface area contributed by atoms with Crippen LogP contribution in [-0.4, -0.2) is 27.8 Å². The molecule has 1 aliphatic heterocycles. The van der Waals surface area contributed by atoms with Crippen molar-refractivity contribution < 1.29 is 13.6 Å². The fourth-order valence-corrected chi connectivity index (χ4v) is 5.61. The SMILES string of the molecule is CC(C)[C@H]1O[P@](=[Se])(Oc2ccccc2)OCC1(C)C. The van der Waals surface area contributed by atoms with Gasteiger partial charge in [-0.25, -0.2) is 0 Å². The average molecular weight is 347 g/mol. The van der Waals surface area contributed by atoms with Crippen LogP contribution >= 0.6 is 6.19 Å². The van der Waals surface area contributed by atoms with Crippen LogP contribution in [-0.2, 0) is 9.05 Å². The second kappa shape index (κ2) is 5.71. The van der Waals surface area contributed by atoms with Crippen LogP contribution in [0.5, 0.6) is 5.75 Å². The van der Waals surface area contributed by atoms with Gasteiger partial charge in [-0.3, -0.25) is 0 Å². The molecule has 0 aliphatic carbocycles. The number of hydrogen-bond donors (Lipinski definition) is 0. The predicted molar refractivity (Wildman–Crippen MR) is 79.2 cm³/mol. The van der Waals surface area contributed by atoms with Gasteiger partial charge < -0.3 is 0 Å². The van der Waals surface area contributed by atoms with Crippen molar-refractivity contribution in [1.82, 2.24) is 0 Å². The molecule has 1 heterocycles. The summed E-state index contributed by atoms with van der Waals surface area (Å²) in [6.45, 7) is 9.33. The van der Waals surface area contributed by atoms with E-state index in [2.05, 4.69) is 42.8 Å². The van der Waals surface area contributed by atoms with Gasteiger partial charge in [0.05, 0.1) is 0 Å². The van der Waals surface area contributed by atoms with E-state index >= 15 is 0 Å². The van der Waals surface area contributed by atoms with Gasteiger partial charge in [0.25, 0.3) is 0 Å². The molecule has 2 atom stereocenters. The Kier molecular flexibility index (Phi) is 4.59. The van der Waals surface area contributed by atoms with Gasteiger partial charge in [0.2, 0.25) is 0 Å². The zero-order chi connectivity index (χ0) is 14.1. The average Bonchev–Trinajstić information content (AvgIpc) is 2.34. The first-order valence-electron chi connectivity index (χ1n) is 6.50. The third kappa shape index (κ3) is 3.71. The van der Waals surface area contributed by atoms with Crippen LogP contribution in [0.2, 0.25) is 0 Å². The summed E-state index contributed by atoms with van der Waals surface area (Å²) in [4.78, 5) is 0. The van der Waals surface area contributed by atoms with Crippen molar-refractivity contribution in [2.45, 2.75) is 33.8 Å². The quantitative estimate of drug-likeness (QED) is 0.611. The Labute approximate surface area is 123 Å². The standard InChI is InChI=1S/C14H21O3PSe/c1-11(2)13-14(3,4)10-15-18(19,17-13)16-12-8-6-5-7-9-12/h5-9,11,13H,10H2,1-4H3/t13-,18-/m1/s1. The minimum atomic E-state index is -2.40. The van der Waals surface area contributed by atoms with E-state index in [4.69, 9.17) is 13.6 Å². The number of benzene rings is 1. The Balaban J connectivity index is 2.15. The third-order valence-corrected chi connectivity index (χ3v) is 6.21. The monoisotopic (exact) mass is 348 g/mol. The van der Waals surface area contributed by atoms with Gasteiger partial charge >= 0.3 is 123 Å². The van der Waals surface area contributed by atoms with Gasteiger partial charge in [-0.05, 0) is 0 Å². The number of hydrogen-bond acceptors (Lipinski definition) is 3. The zero-order valence-electron chi connectivity index (χ0n) is 11.8. The van der Waals surface area contributed by atoms with Crippen LogP contribution < -0.4 is 4.52 Å². The second-order valence-electron chi connectivity index (χ2n) is 5.88. The first-order chi connectivity index (χ1) is 8.82. The van der Waals surface area contributed by atoms with E-state index < -0.39 is 6.19 Å². The van der Waals surface area contributed by atoms with Gasteiger partial charge in [-0.1, -0.05) is 0 Å². The molecule has 1 fully saturated rings. The molecular formula is C14H21O3PSe. The maximum atomic E-state index is 6.17. The van der Waals surface area contributed by atoms with Gasteiger partial charge in [0.1, 0.15) is 0 Å². The Hall–Kier alpha value is -0.111. The normalized spacial score (nSPS) is 30.3. The van der Waals surface area contributed by atoms with Crippen molar-refractivity contribution in [2.75, 3.05) is 6.61 Å². The van der Waals surface area contributed by atoms with E-state index in [1.807, 2.05) is 30.3 Å². The van der Waals surface area contributed by atoms with E-state index in [1.165, 1.54) is 0 Å². The van der Waals surface area contributed by atoms with Gasteiger partial charge in [-0.2, -0.15) is 0 Å². The molecule has 0 aromatic heterocycles. The molecular weight excluding hydrogens is 326 g/mol. The molecule has 1 saturated heterocycles. The Bertz CT molecular complexity index is 473. The van der Waals surface area contributed by atoms with Crippen molar-refractivity contribution in [3.63, 3.8) is 0 Å². The van der Waals surface area contributed by atoms with Crippen LogP contribution in [0.3, 0.4) is 0 Å². The van der Waals surface area contributed by atoms with Crippen LogP contribution in [0.25, 0.3) is 0 Å². The van der Waals surface area contributed by atoms with Gasteiger partial charge in [0, 0.05) is 0 Å². The molecule has 19 heavy (non-hydrogen) atoms. The van der Waals surface area contributed by atoms with E-state index in [0.29, 0.717) is 12.5 Å². The van der Waals surface area contributed by atoms with E-state index in [9.17, 15) is 0 Å². The molecule has 0 amide bonds. The van der Waals surface area contributed by atoms with Crippen LogP contribution in [0.15, 0.2) is 30.3 Å². The van der Waals surface area contributed by atoms with Crippen molar-refractivity contribution in [1.29, 1.82) is 0 Å². The molecule has 0 bridgehead atoms. The summed E-state index contributed by atoms with van der Waals surface area (Å²) in [5.41, 5.74) is 0.00155. The van der Waals surface area contributed by atoms with Crippen LogP contribution in [0.4, 0.5) is 0 Å². The fourth-order valence-electron chi connectivity index (χ4n) is 2.32. The molecule has 0 radical (unpaired) electrons. The van der Waals surface area contributed by atoms with Crippen LogP contribution in [0.1, 0.15) is 27.7 Å². The first kappa shape index (κ1) is 15.3. The van der Waals surface area contributed by atoms with Crippen molar-refractivity contribution in [2.24, 2.45) is 11.3 Å². The summed E-state index contributed by atoms with van der Waals surface area (Å²) in [6.07, 6.45) is -2.28. The minimum absolute atomic E-state index is 0.00155. The molecule has 1 aromatic rings. The zero-order valence-corrected chi connectivity index (χ0v) is 14.4. The van der Waals surface area contributed by atoms with Crippen LogP contribution in [0, 0.1) is 11.3 Å². The molecule has 5 heteroatoms.